The van der Waals surface area contributed by atoms with Crippen molar-refractivity contribution < 1.29 is 14.3 Å². The van der Waals surface area contributed by atoms with E-state index in [1.54, 1.807) is 0 Å². The minimum absolute atomic E-state index is 0.0360. The summed E-state index contributed by atoms with van der Waals surface area (Å²) < 4.78 is 11.0. The van der Waals surface area contributed by atoms with Crippen LogP contribution in [0.5, 0.6) is 0 Å². The molecular weight excluding hydrogens is 220 g/mol. The SMILES string of the molecule is O=C(CO[C@@H]1CCCNC1)NC[C@H]1CCCO1. The van der Waals surface area contributed by atoms with Crippen LogP contribution in [0.2, 0.25) is 0 Å². The molecule has 2 saturated heterocycles. The quantitative estimate of drug-likeness (QED) is 0.715. The van der Waals surface area contributed by atoms with Crippen molar-refractivity contribution in [3.05, 3.63) is 0 Å². The summed E-state index contributed by atoms with van der Waals surface area (Å²) in [4.78, 5) is 11.5. The minimum Gasteiger partial charge on any atom is -0.376 e. The van der Waals surface area contributed by atoms with Crippen molar-refractivity contribution in [3.8, 4) is 0 Å². The predicted octanol–water partition coefficient (Wildman–Crippen LogP) is 0.0502. The van der Waals surface area contributed by atoms with E-state index in [0.29, 0.717) is 6.54 Å². The van der Waals surface area contributed by atoms with Gasteiger partial charge in [-0.05, 0) is 32.2 Å². The molecule has 98 valence electrons. The molecule has 0 aliphatic carbocycles. The second kappa shape index (κ2) is 6.93. The second-order valence-corrected chi connectivity index (χ2v) is 4.72. The van der Waals surface area contributed by atoms with Crippen molar-refractivity contribution >= 4 is 5.91 Å². The molecule has 5 heteroatoms. The molecule has 0 aromatic heterocycles. The highest BCUT2D eigenvalue weighted by atomic mass is 16.5. The van der Waals surface area contributed by atoms with Crippen LogP contribution >= 0.6 is 0 Å². The standard InChI is InChI=1S/C12H22N2O3/c15-12(14-8-11-4-2-6-16-11)9-17-10-3-1-5-13-7-10/h10-11,13H,1-9H2,(H,14,15)/t10-,11-/m1/s1. The average molecular weight is 242 g/mol. The van der Waals surface area contributed by atoms with Crippen LogP contribution in [0.1, 0.15) is 25.7 Å². The van der Waals surface area contributed by atoms with Gasteiger partial charge in [0.2, 0.25) is 5.91 Å². The molecule has 0 bridgehead atoms. The Morgan fingerprint density at radius 3 is 3.06 bits per heavy atom. The van der Waals surface area contributed by atoms with E-state index in [1.165, 1.54) is 0 Å². The smallest absolute Gasteiger partial charge is 0.246 e. The zero-order chi connectivity index (χ0) is 11.9. The maximum Gasteiger partial charge on any atom is 0.246 e. The second-order valence-electron chi connectivity index (χ2n) is 4.72. The van der Waals surface area contributed by atoms with Gasteiger partial charge in [-0.3, -0.25) is 4.79 Å². The van der Waals surface area contributed by atoms with E-state index in [4.69, 9.17) is 9.47 Å². The van der Waals surface area contributed by atoms with Crippen LogP contribution < -0.4 is 10.6 Å². The van der Waals surface area contributed by atoms with Gasteiger partial charge < -0.3 is 20.1 Å². The van der Waals surface area contributed by atoms with Crippen molar-refractivity contribution in [1.29, 1.82) is 0 Å². The highest BCUT2D eigenvalue weighted by Crippen LogP contribution is 2.10. The fraction of sp³-hybridized carbons (Fsp3) is 0.917. The Balaban J connectivity index is 1.53. The third-order valence-electron chi connectivity index (χ3n) is 3.25. The van der Waals surface area contributed by atoms with Gasteiger partial charge in [0.25, 0.3) is 0 Å². The van der Waals surface area contributed by atoms with Crippen LogP contribution in [0, 0.1) is 0 Å². The molecule has 2 rings (SSSR count). The Morgan fingerprint density at radius 1 is 1.41 bits per heavy atom. The molecule has 0 saturated carbocycles. The van der Waals surface area contributed by atoms with Gasteiger partial charge in [-0.25, -0.2) is 0 Å². The number of nitrogens with one attached hydrogen (secondary N) is 2. The number of ether oxygens (including phenoxy) is 2. The summed E-state index contributed by atoms with van der Waals surface area (Å²) in [5, 5.41) is 6.11. The molecule has 2 N–H and O–H groups in total. The Kier molecular flexibility index (Phi) is 5.22. The number of carbonyl (C=O) groups excluding carboxylic acids is 1. The van der Waals surface area contributed by atoms with Crippen LogP contribution in [0.25, 0.3) is 0 Å². The van der Waals surface area contributed by atoms with Crippen LogP contribution in [-0.2, 0) is 14.3 Å². The molecule has 5 nitrogen and oxygen atoms in total. The summed E-state index contributed by atoms with van der Waals surface area (Å²) in [6.07, 6.45) is 4.72. The van der Waals surface area contributed by atoms with Crippen molar-refractivity contribution in [1.82, 2.24) is 10.6 Å². The molecule has 0 unspecified atom stereocenters. The molecule has 0 aromatic carbocycles. The molecule has 2 atom stereocenters. The number of rotatable bonds is 5. The molecule has 0 radical (unpaired) electrons. The molecule has 0 spiro atoms. The minimum atomic E-state index is -0.0360. The fourth-order valence-corrected chi connectivity index (χ4v) is 2.24. The normalized spacial score (nSPS) is 29.2. The van der Waals surface area contributed by atoms with Gasteiger partial charge >= 0.3 is 0 Å². The molecule has 1 amide bonds. The van der Waals surface area contributed by atoms with E-state index >= 15 is 0 Å². The molecule has 2 aliphatic heterocycles. The van der Waals surface area contributed by atoms with Crippen molar-refractivity contribution in [2.24, 2.45) is 0 Å². The maximum absolute atomic E-state index is 11.5. The topological polar surface area (TPSA) is 59.6 Å². The van der Waals surface area contributed by atoms with Gasteiger partial charge in [-0.1, -0.05) is 0 Å². The van der Waals surface area contributed by atoms with E-state index in [-0.39, 0.29) is 24.7 Å². The zero-order valence-electron chi connectivity index (χ0n) is 10.2. The van der Waals surface area contributed by atoms with Crippen molar-refractivity contribution in [2.45, 2.75) is 37.9 Å². The van der Waals surface area contributed by atoms with Gasteiger partial charge in [-0.2, -0.15) is 0 Å². The lowest BCUT2D eigenvalue weighted by Crippen LogP contribution is -2.39. The molecule has 0 aromatic rings. The maximum atomic E-state index is 11.5. The number of piperidine rings is 1. The van der Waals surface area contributed by atoms with Gasteiger partial charge in [0.05, 0.1) is 12.2 Å². The van der Waals surface area contributed by atoms with E-state index in [9.17, 15) is 4.79 Å². The lowest BCUT2D eigenvalue weighted by Gasteiger charge is -2.22. The van der Waals surface area contributed by atoms with Crippen LogP contribution in [0.3, 0.4) is 0 Å². The average Bonchev–Trinajstić information content (AvgIpc) is 2.88. The zero-order valence-corrected chi connectivity index (χ0v) is 10.2. The molecule has 2 aliphatic rings. The Bertz CT molecular complexity index is 236. The summed E-state index contributed by atoms with van der Waals surface area (Å²) in [5.41, 5.74) is 0. The van der Waals surface area contributed by atoms with E-state index in [1.807, 2.05) is 0 Å². The van der Waals surface area contributed by atoms with Crippen LogP contribution in [-0.4, -0.2) is 51.0 Å². The van der Waals surface area contributed by atoms with E-state index in [0.717, 1.165) is 45.4 Å². The van der Waals surface area contributed by atoms with Crippen LogP contribution in [0.4, 0.5) is 0 Å². The monoisotopic (exact) mass is 242 g/mol. The summed E-state index contributed by atoms with van der Waals surface area (Å²) in [5.74, 6) is -0.0360. The van der Waals surface area contributed by atoms with Crippen molar-refractivity contribution in [2.75, 3.05) is 32.8 Å². The van der Waals surface area contributed by atoms with Crippen LogP contribution in [0.15, 0.2) is 0 Å². The number of hydrogen-bond acceptors (Lipinski definition) is 4. The number of carbonyl (C=O) groups is 1. The van der Waals surface area contributed by atoms with E-state index in [2.05, 4.69) is 10.6 Å². The Labute approximate surface area is 102 Å². The predicted molar refractivity (Wildman–Crippen MR) is 63.8 cm³/mol. The molecule has 2 heterocycles. The van der Waals surface area contributed by atoms with E-state index < -0.39 is 0 Å². The first-order chi connectivity index (χ1) is 8.34. The number of hydrogen-bond donors (Lipinski definition) is 2. The van der Waals surface area contributed by atoms with Gasteiger partial charge in [0, 0.05) is 19.7 Å². The fourth-order valence-electron chi connectivity index (χ4n) is 2.24. The highest BCUT2D eigenvalue weighted by Gasteiger charge is 2.17. The first-order valence-electron chi connectivity index (χ1n) is 6.55. The first kappa shape index (κ1) is 12.8. The Morgan fingerprint density at radius 2 is 2.35 bits per heavy atom. The number of amides is 1. The molecule has 2 fully saturated rings. The van der Waals surface area contributed by atoms with Crippen molar-refractivity contribution in [3.63, 3.8) is 0 Å². The lowest BCUT2D eigenvalue weighted by molar-refractivity contribution is -0.128. The largest absolute Gasteiger partial charge is 0.376 e. The highest BCUT2D eigenvalue weighted by molar-refractivity contribution is 5.77. The molecular formula is C12H22N2O3. The third-order valence-corrected chi connectivity index (χ3v) is 3.25. The van der Waals surface area contributed by atoms with Gasteiger partial charge in [0.1, 0.15) is 6.61 Å². The third kappa shape index (κ3) is 4.61. The lowest BCUT2D eigenvalue weighted by atomic mass is 10.1. The summed E-state index contributed by atoms with van der Waals surface area (Å²) >= 11 is 0. The summed E-state index contributed by atoms with van der Waals surface area (Å²) in [7, 11) is 0. The van der Waals surface area contributed by atoms with Gasteiger partial charge in [0.15, 0.2) is 0 Å². The Hall–Kier alpha value is -0.650. The first-order valence-corrected chi connectivity index (χ1v) is 6.55. The summed E-state index contributed by atoms with van der Waals surface area (Å²) in [6.45, 7) is 3.53. The molecule has 17 heavy (non-hydrogen) atoms. The summed E-state index contributed by atoms with van der Waals surface area (Å²) in [6, 6.07) is 0. The van der Waals surface area contributed by atoms with Gasteiger partial charge in [-0.15, -0.1) is 0 Å².